The first-order valence-corrected chi connectivity index (χ1v) is 11.7. The van der Waals surface area contributed by atoms with E-state index in [1.165, 1.54) is 25.2 Å². The van der Waals surface area contributed by atoms with E-state index < -0.39 is 6.04 Å². The molecule has 34 heavy (non-hydrogen) atoms. The van der Waals surface area contributed by atoms with E-state index in [-0.39, 0.29) is 11.9 Å². The van der Waals surface area contributed by atoms with Crippen LogP contribution in [-0.2, 0) is 0 Å². The van der Waals surface area contributed by atoms with Crippen LogP contribution < -0.4 is 15.8 Å². The number of hydrogen-bond donors (Lipinski definition) is 2. The minimum atomic E-state index is -0.431. The average molecular weight is 461 g/mol. The van der Waals surface area contributed by atoms with Gasteiger partial charge in [-0.15, -0.1) is 0 Å². The number of benzene rings is 2. The molecule has 2 atom stereocenters. The predicted octanol–water partition coefficient (Wildman–Crippen LogP) is 4.38. The number of likely N-dealkylation sites (tertiary alicyclic amines) is 1. The zero-order valence-electron chi connectivity index (χ0n) is 19.0. The van der Waals surface area contributed by atoms with E-state index in [9.17, 15) is 4.39 Å². The fraction of sp³-hybridized carbons (Fsp3) is 0.346. The number of hydrogen-bond acceptors (Lipinski definition) is 7. The van der Waals surface area contributed by atoms with E-state index in [4.69, 9.17) is 10.5 Å². The van der Waals surface area contributed by atoms with Gasteiger partial charge in [0.15, 0.2) is 0 Å². The van der Waals surface area contributed by atoms with E-state index in [2.05, 4.69) is 31.8 Å². The number of halogens is 1. The molecule has 3 N–H and O–H groups in total. The molecule has 0 spiro atoms. The topological polar surface area (TPSA) is 88.7 Å². The molecule has 1 aromatic heterocycles. The molecule has 1 aliphatic carbocycles. The van der Waals surface area contributed by atoms with Crippen molar-refractivity contribution in [2.45, 2.75) is 37.5 Å². The Balaban J connectivity index is 1.40. The van der Waals surface area contributed by atoms with E-state index in [1.807, 2.05) is 12.1 Å². The highest BCUT2D eigenvalue weighted by Crippen LogP contribution is 2.35. The van der Waals surface area contributed by atoms with Gasteiger partial charge in [-0.1, -0.05) is 30.9 Å². The van der Waals surface area contributed by atoms with Gasteiger partial charge in [0.25, 0.3) is 0 Å². The van der Waals surface area contributed by atoms with Gasteiger partial charge in [0.05, 0.1) is 23.8 Å². The number of rotatable bonds is 9. The minimum absolute atomic E-state index is 0.132. The van der Waals surface area contributed by atoms with Crippen molar-refractivity contribution in [3.63, 3.8) is 0 Å². The lowest BCUT2D eigenvalue weighted by molar-refractivity contribution is 0.199. The van der Waals surface area contributed by atoms with Crippen LogP contribution in [0.3, 0.4) is 0 Å². The third-order valence-electron chi connectivity index (χ3n) is 6.39. The molecular formula is C26H29FN6O. The summed E-state index contributed by atoms with van der Waals surface area (Å²) in [5.41, 5.74) is 8.13. The van der Waals surface area contributed by atoms with Crippen molar-refractivity contribution >= 4 is 28.6 Å². The Bertz CT molecular complexity index is 1210. The van der Waals surface area contributed by atoms with E-state index in [1.54, 1.807) is 30.5 Å². The van der Waals surface area contributed by atoms with Crippen LogP contribution in [0, 0.1) is 5.82 Å². The van der Waals surface area contributed by atoms with Crippen LogP contribution in [0.15, 0.2) is 60.4 Å². The van der Waals surface area contributed by atoms with Crippen LogP contribution in [0.2, 0.25) is 0 Å². The molecule has 1 unspecified atom stereocenters. The Morgan fingerprint density at radius 2 is 2.12 bits per heavy atom. The second kappa shape index (κ2) is 9.77. The van der Waals surface area contributed by atoms with Crippen molar-refractivity contribution in [2.75, 3.05) is 30.7 Å². The molecule has 5 rings (SSSR count). The summed E-state index contributed by atoms with van der Waals surface area (Å²) in [5.74, 6) is 0.895. The van der Waals surface area contributed by atoms with E-state index in [0.29, 0.717) is 34.9 Å². The third kappa shape index (κ3) is 4.87. The number of nitrogen functional groups attached to an aromatic ring is 1. The number of nitrogens with zero attached hydrogens (tertiary/aromatic N) is 4. The maximum absolute atomic E-state index is 14.6. The normalized spacial score (nSPS) is 19.5. The quantitative estimate of drug-likeness (QED) is 0.364. The number of allylic oxidation sites excluding steroid dienone is 1. The fourth-order valence-corrected chi connectivity index (χ4v) is 4.50. The first kappa shape index (κ1) is 22.3. The molecule has 0 amide bonds. The molecule has 1 saturated carbocycles. The molecule has 2 fully saturated rings. The zero-order chi connectivity index (χ0) is 23.5. The average Bonchev–Trinajstić information content (AvgIpc) is 3.58. The molecule has 1 aliphatic heterocycles. The minimum Gasteiger partial charge on any atom is -0.487 e. The van der Waals surface area contributed by atoms with Crippen molar-refractivity contribution < 1.29 is 9.13 Å². The molecule has 1 saturated heterocycles. The largest absolute Gasteiger partial charge is 0.487 e. The number of aliphatic imine (C=N–C) groups is 1. The number of fused-ring (bicyclic) bond motifs is 1. The Morgan fingerprint density at radius 3 is 2.91 bits per heavy atom. The number of anilines is 2. The molecule has 2 heterocycles. The number of ether oxygens (including phenoxy) is 1. The van der Waals surface area contributed by atoms with Crippen molar-refractivity contribution in [1.82, 2.24) is 14.9 Å². The van der Waals surface area contributed by atoms with Crippen molar-refractivity contribution in [1.29, 1.82) is 0 Å². The van der Waals surface area contributed by atoms with Gasteiger partial charge in [-0.3, -0.25) is 9.89 Å². The van der Waals surface area contributed by atoms with Crippen LogP contribution in [0.4, 0.5) is 15.9 Å². The summed E-state index contributed by atoms with van der Waals surface area (Å²) in [7, 11) is 0. The van der Waals surface area contributed by atoms with Gasteiger partial charge >= 0.3 is 0 Å². The van der Waals surface area contributed by atoms with Gasteiger partial charge in [0.2, 0.25) is 0 Å². The summed E-state index contributed by atoms with van der Waals surface area (Å²) in [4.78, 5) is 15.7. The van der Waals surface area contributed by atoms with Gasteiger partial charge in [-0.05, 0) is 31.4 Å². The summed E-state index contributed by atoms with van der Waals surface area (Å²) in [5, 5.41) is 4.08. The Hall–Kier alpha value is -3.52. The van der Waals surface area contributed by atoms with Gasteiger partial charge in [-0.25, -0.2) is 14.4 Å². The SMILES string of the molecule is C=CC=NCC(Nc1ncnc2cc(O[C@@H]3CCN(C4CC4)C3)c(N)cc12)c1ccccc1F. The maximum atomic E-state index is 14.6. The number of nitrogens with two attached hydrogens (primary N) is 1. The van der Waals surface area contributed by atoms with Crippen molar-refractivity contribution in [3.8, 4) is 5.75 Å². The van der Waals surface area contributed by atoms with Gasteiger partial charge < -0.3 is 15.8 Å². The molecule has 7 nitrogen and oxygen atoms in total. The van der Waals surface area contributed by atoms with Gasteiger partial charge in [0, 0.05) is 42.4 Å². The highest BCUT2D eigenvalue weighted by molar-refractivity contribution is 5.93. The second-order valence-corrected chi connectivity index (χ2v) is 8.85. The monoisotopic (exact) mass is 460 g/mol. The third-order valence-corrected chi connectivity index (χ3v) is 6.39. The van der Waals surface area contributed by atoms with Crippen molar-refractivity contribution in [3.05, 3.63) is 66.8 Å². The second-order valence-electron chi connectivity index (χ2n) is 8.85. The lowest BCUT2D eigenvalue weighted by atomic mass is 10.1. The lowest BCUT2D eigenvalue weighted by Crippen LogP contribution is -2.26. The van der Waals surface area contributed by atoms with Crippen LogP contribution in [0.1, 0.15) is 30.9 Å². The zero-order valence-corrected chi connectivity index (χ0v) is 19.0. The number of nitrogens with one attached hydrogen (secondary N) is 1. The molecule has 8 heteroatoms. The molecule has 2 aromatic carbocycles. The summed E-state index contributed by atoms with van der Waals surface area (Å²) in [6.07, 6.45) is 8.40. The predicted molar refractivity (Wildman–Crippen MR) is 134 cm³/mol. The molecule has 176 valence electrons. The summed E-state index contributed by atoms with van der Waals surface area (Å²) in [6, 6.07) is 10.6. The Labute approximate surface area is 198 Å². The Kier molecular flexibility index (Phi) is 6.40. The number of aromatic nitrogens is 2. The van der Waals surface area contributed by atoms with E-state index >= 15 is 0 Å². The van der Waals surface area contributed by atoms with Crippen LogP contribution in [-0.4, -0.2) is 52.9 Å². The molecule has 3 aromatic rings. The lowest BCUT2D eigenvalue weighted by Gasteiger charge is -2.20. The molecule has 0 bridgehead atoms. The molecule has 0 radical (unpaired) electrons. The van der Waals surface area contributed by atoms with Gasteiger partial charge in [0.1, 0.15) is 29.8 Å². The Morgan fingerprint density at radius 1 is 1.26 bits per heavy atom. The van der Waals surface area contributed by atoms with Crippen LogP contribution >= 0.6 is 0 Å². The smallest absolute Gasteiger partial charge is 0.144 e. The van der Waals surface area contributed by atoms with E-state index in [0.717, 1.165) is 30.9 Å². The standard InChI is InChI=1S/C26H29FN6O/c1-2-10-29-14-24(19-5-3-4-6-21(19)27)32-26-20-12-22(28)25(13-23(20)30-16-31-26)34-18-9-11-33(15-18)17-7-8-17/h2-6,10,12-13,16-18,24H,1,7-9,11,14-15,28H2,(H,30,31,32)/t18-,24?/m1/s1. The fourth-order valence-electron chi connectivity index (χ4n) is 4.50. The first-order valence-electron chi connectivity index (χ1n) is 11.7. The molecule has 2 aliphatic rings. The highest BCUT2D eigenvalue weighted by Gasteiger charge is 2.35. The first-order chi connectivity index (χ1) is 16.6. The molecular weight excluding hydrogens is 431 g/mol. The highest BCUT2D eigenvalue weighted by atomic mass is 19.1. The summed E-state index contributed by atoms with van der Waals surface area (Å²) < 4.78 is 20.8. The van der Waals surface area contributed by atoms with Crippen molar-refractivity contribution in [2.24, 2.45) is 4.99 Å². The van der Waals surface area contributed by atoms with Gasteiger partial charge in [-0.2, -0.15) is 0 Å². The van der Waals surface area contributed by atoms with Crippen LogP contribution in [0.25, 0.3) is 10.9 Å². The van der Waals surface area contributed by atoms with Crippen LogP contribution in [0.5, 0.6) is 5.75 Å². The maximum Gasteiger partial charge on any atom is 0.144 e. The summed E-state index contributed by atoms with van der Waals surface area (Å²) in [6.45, 7) is 5.98. The summed E-state index contributed by atoms with van der Waals surface area (Å²) >= 11 is 0.